The summed E-state index contributed by atoms with van der Waals surface area (Å²) in [6.07, 6.45) is 2.99. The van der Waals surface area contributed by atoms with E-state index in [4.69, 9.17) is 0 Å². The monoisotopic (exact) mass is 228 g/mol. The number of amides is 1. The maximum absolute atomic E-state index is 13.2. The molecule has 1 aromatic rings. The van der Waals surface area contributed by atoms with Gasteiger partial charge in [0.05, 0.1) is 5.56 Å². The zero-order chi connectivity index (χ0) is 11.8. The molecule has 1 atom stereocenters. The Labute approximate surface area is 92.4 Å². The molecule has 0 aliphatic carbocycles. The van der Waals surface area contributed by atoms with Crippen molar-refractivity contribution in [1.82, 2.24) is 9.88 Å². The molecule has 5 heteroatoms. The summed E-state index contributed by atoms with van der Waals surface area (Å²) in [5, 5.41) is 0. The lowest BCUT2D eigenvalue weighted by molar-refractivity contribution is -0.0921. The number of rotatable bonds is 1. The lowest BCUT2D eigenvalue weighted by Gasteiger charge is -2.36. The predicted octanol–water partition coefficient (Wildman–Crippen LogP) is 2.13. The summed E-state index contributed by atoms with van der Waals surface area (Å²) < 4.78 is 26.5. The number of aromatic amines is 1. The number of carbonyl (C=O) groups is 1. The van der Waals surface area contributed by atoms with E-state index in [-0.39, 0.29) is 25.4 Å². The molecule has 1 amide bonds. The fourth-order valence-corrected chi connectivity index (χ4v) is 1.91. The molecule has 0 radical (unpaired) electrons. The average Bonchev–Trinajstić information content (AvgIpc) is 2.74. The fraction of sp³-hybridized carbons (Fsp3) is 0.545. The van der Waals surface area contributed by atoms with Crippen LogP contribution in [0, 0.1) is 5.92 Å². The van der Waals surface area contributed by atoms with Crippen molar-refractivity contribution in [3.8, 4) is 0 Å². The van der Waals surface area contributed by atoms with Gasteiger partial charge in [-0.3, -0.25) is 4.79 Å². The number of halogens is 2. The summed E-state index contributed by atoms with van der Waals surface area (Å²) in [4.78, 5) is 16.2. The lowest BCUT2D eigenvalue weighted by Crippen LogP contribution is -2.48. The van der Waals surface area contributed by atoms with Gasteiger partial charge in [0.25, 0.3) is 11.8 Å². The molecule has 2 heterocycles. The van der Waals surface area contributed by atoms with Crippen LogP contribution in [-0.2, 0) is 0 Å². The Morgan fingerprint density at radius 2 is 2.38 bits per heavy atom. The highest BCUT2D eigenvalue weighted by Gasteiger charge is 2.42. The van der Waals surface area contributed by atoms with Gasteiger partial charge in [-0.15, -0.1) is 0 Å². The topological polar surface area (TPSA) is 36.1 Å². The molecule has 88 valence electrons. The number of aromatic nitrogens is 1. The summed E-state index contributed by atoms with van der Waals surface area (Å²) in [6.45, 7) is 1.73. The van der Waals surface area contributed by atoms with Crippen molar-refractivity contribution in [2.45, 2.75) is 19.3 Å². The summed E-state index contributed by atoms with van der Waals surface area (Å²) in [5.41, 5.74) is 0.525. The van der Waals surface area contributed by atoms with Crippen molar-refractivity contribution >= 4 is 5.91 Å². The molecule has 1 aliphatic heterocycles. The van der Waals surface area contributed by atoms with Crippen LogP contribution in [0.2, 0.25) is 0 Å². The van der Waals surface area contributed by atoms with Crippen molar-refractivity contribution < 1.29 is 13.6 Å². The van der Waals surface area contributed by atoms with Crippen LogP contribution in [0.5, 0.6) is 0 Å². The number of nitrogens with zero attached hydrogens (tertiary/aromatic N) is 1. The number of nitrogens with one attached hydrogen (secondary N) is 1. The molecule has 1 N–H and O–H groups in total. The Hall–Kier alpha value is -1.39. The third-order valence-electron chi connectivity index (χ3n) is 3.06. The van der Waals surface area contributed by atoms with E-state index in [0.717, 1.165) is 0 Å². The number of piperidine rings is 1. The molecule has 16 heavy (non-hydrogen) atoms. The van der Waals surface area contributed by atoms with Gasteiger partial charge in [0.15, 0.2) is 0 Å². The maximum atomic E-state index is 13.2. The van der Waals surface area contributed by atoms with E-state index in [0.29, 0.717) is 5.56 Å². The van der Waals surface area contributed by atoms with E-state index in [1.54, 1.807) is 18.5 Å². The van der Waals surface area contributed by atoms with Crippen LogP contribution in [0.3, 0.4) is 0 Å². The van der Waals surface area contributed by atoms with E-state index in [1.165, 1.54) is 11.8 Å². The smallest absolute Gasteiger partial charge is 0.255 e. The molecule has 1 unspecified atom stereocenters. The first-order valence-corrected chi connectivity index (χ1v) is 5.30. The number of alkyl halides is 2. The van der Waals surface area contributed by atoms with E-state index in [2.05, 4.69) is 4.98 Å². The van der Waals surface area contributed by atoms with Gasteiger partial charge in [-0.2, -0.15) is 0 Å². The van der Waals surface area contributed by atoms with Crippen molar-refractivity contribution in [2.24, 2.45) is 5.92 Å². The van der Waals surface area contributed by atoms with Crippen LogP contribution in [-0.4, -0.2) is 34.8 Å². The quantitative estimate of drug-likeness (QED) is 0.785. The Balaban J connectivity index is 2.06. The standard InChI is InChI=1S/C11H14F2N2O/c1-8-7-15(5-3-11(8,12)13)10(16)9-2-4-14-6-9/h2,4,6,8,14H,3,5,7H2,1H3. The molecule has 1 aliphatic rings. The van der Waals surface area contributed by atoms with Gasteiger partial charge in [-0.05, 0) is 6.07 Å². The molecule has 1 saturated heterocycles. The highest BCUT2D eigenvalue weighted by atomic mass is 19.3. The minimum Gasteiger partial charge on any atom is -0.367 e. The number of likely N-dealkylation sites (tertiary alicyclic amines) is 1. The molecule has 1 aromatic heterocycles. The maximum Gasteiger partial charge on any atom is 0.255 e. The van der Waals surface area contributed by atoms with Crippen LogP contribution >= 0.6 is 0 Å². The molecule has 0 spiro atoms. The third kappa shape index (κ3) is 1.94. The number of H-pyrrole nitrogens is 1. The van der Waals surface area contributed by atoms with Gasteiger partial charge in [0.2, 0.25) is 0 Å². The zero-order valence-corrected chi connectivity index (χ0v) is 9.04. The third-order valence-corrected chi connectivity index (χ3v) is 3.06. The predicted molar refractivity (Wildman–Crippen MR) is 55.4 cm³/mol. The number of hydrogen-bond donors (Lipinski definition) is 1. The van der Waals surface area contributed by atoms with Crippen molar-refractivity contribution in [2.75, 3.05) is 13.1 Å². The SMILES string of the molecule is CC1CN(C(=O)c2cc[nH]c2)CCC1(F)F. The van der Waals surface area contributed by atoms with E-state index in [1.807, 2.05) is 0 Å². The molecular weight excluding hydrogens is 214 g/mol. The molecular formula is C11H14F2N2O. The summed E-state index contributed by atoms with van der Waals surface area (Å²) >= 11 is 0. The summed E-state index contributed by atoms with van der Waals surface area (Å²) in [5.74, 6) is -3.60. The van der Waals surface area contributed by atoms with Crippen LogP contribution in [0.25, 0.3) is 0 Å². The van der Waals surface area contributed by atoms with Crippen LogP contribution in [0.15, 0.2) is 18.5 Å². The minimum absolute atomic E-state index is 0.122. The van der Waals surface area contributed by atoms with Crippen LogP contribution in [0.1, 0.15) is 23.7 Å². The fourth-order valence-electron chi connectivity index (χ4n) is 1.91. The molecule has 0 aromatic carbocycles. The van der Waals surface area contributed by atoms with Crippen molar-refractivity contribution in [3.63, 3.8) is 0 Å². The van der Waals surface area contributed by atoms with Crippen molar-refractivity contribution in [3.05, 3.63) is 24.0 Å². The normalized spacial score (nSPS) is 24.4. The summed E-state index contributed by atoms with van der Waals surface area (Å²) in [7, 11) is 0. The average molecular weight is 228 g/mol. The highest BCUT2D eigenvalue weighted by Crippen LogP contribution is 2.33. The second kappa shape index (κ2) is 3.88. The molecule has 2 rings (SSSR count). The highest BCUT2D eigenvalue weighted by molar-refractivity contribution is 5.94. The van der Waals surface area contributed by atoms with Gasteiger partial charge in [0.1, 0.15) is 0 Å². The van der Waals surface area contributed by atoms with E-state index < -0.39 is 11.8 Å². The second-order valence-electron chi connectivity index (χ2n) is 4.26. The molecule has 1 fully saturated rings. The van der Waals surface area contributed by atoms with Gasteiger partial charge in [0, 0.05) is 37.8 Å². The first-order chi connectivity index (χ1) is 7.50. The van der Waals surface area contributed by atoms with E-state index >= 15 is 0 Å². The van der Waals surface area contributed by atoms with Gasteiger partial charge in [-0.25, -0.2) is 8.78 Å². The number of hydrogen-bond acceptors (Lipinski definition) is 1. The Morgan fingerprint density at radius 3 is 2.94 bits per heavy atom. The molecule has 3 nitrogen and oxygen atoms in total. The summed E-state index contributed by atoms with van der Waals surface area (Å²) in [6, 6.07) is 1.65. The van der Waals surface area contributed by atoms with Crippen LogP contribution < -0.4 is 0 Å². The van der Waals surface area contributed by atoms with Gasteiger partial charge < -0.3 is 9.88 Å². The largest absolute Gasteiger partial charge is 0.367 e. The lowest BCUT2D eigenvalue weighted by atomic mass is 9.95. The first-order valence-electron chi connectivity index (χ1n) is 5.30. The second-order valence-corrected chi connectivity index (χ2v) is 4.26. The molecule has 0 bridgehead atoms. The number of carbonyl (C=O) groups excluding carboxylic acids is 1. The Bertz CT molecular complexity index is 375. The minimum atomic E-state index is -2.64. The Kier molecular flexibility index (Phi) is 2.69. The van der Waals surface area contributed by atoms with Crippen molar-refractivity contribution in [1.29, 1.82) is 0 Å². The Morgan fingerprint density at radius 1 is 1.62 bits per heavy atom. The first kappa shape index (κ1) is 11.1. The zero-order valence-electron chi connectivity index (χ0n) is 9.04. The van der Waals surface area contributed by atoms with Gasteiger partial charge in [-0.1, -0.05) is 6.92 Å². The van der Waals surface area contributed by atoms with Crippen LogP contribution in [0.4, 0.5) is 8.78 Å². The molecule has 0 saturated carbocycles. The van der Waals surface area contributed by atoms with E-state index in [9.17, 15) is 13.6 Å². The van der Waals surface area contributed by atoms with Gasteiger partial charge >= 0.3 is 0 Å².